The lowest BCUT2D eigenvalue weighted by atomic mass is 10.0. The third kappa shape index (κ3) is 2.44. The van der Waals surface area contributed by atoms with Crippen molar-refractivity contribution >= 4 is 32.4 Å². The van der Waals surface area contributed by atoms with Gasteiger partial charge >= 0.3 is 0 Å². The Morgan fingerprint density at radius 3 is 2.91 bits per heavy atom. The van der Waals surface area contributed by atoms with E-state index in [-0.39, 0.29) is 0 Å². The molecule has 0 fully saturated rings. The Morgan fingerprint density at radius 1 is 1.23 bits per heavy atom. The predicted molar refractivity (Wildman–Crippen MR) is 95.0 cm³/mol. The molecule has 2 heterocycles. The van der Waals surface area contributed by atoms with Crippen molar-refractivity contribution in [2.24, 2.45) is 0 Å². The minimum atomic E-state index is 0.975. The fourth-order valence-electron chi connectivity index (χ4n) is 3.16. The molecule has 0 radical (unpaired) electrons. The summed E-state index contributed by atoms with van der Waals surface area (Å²) in [7, 11) is 1.93. The maximum absolute atomic E-state index is 4.66. The molecule has 4 rings (SSSR count). The Balaban J connectivity index is 1.73. The van der Waals surface area contributed by atoms with E-state index in [0.717, 1.165) is 23.7 Å². The molecule has 4 heteroatoms. The van der Waals surface area contributed by atoms with Crippen LogP contribution in [-0.2, 0) is 13.0 Å². The van der Waals surface area contributed by atoms with Gasteiger partial charge in [-0.1, -0.05) is 41.7 Å². The highest BCUT2D eigenvalue weighted by atomic mass is 32.1. The number of thiazole rings is 1. The average Bonchev–Trinajstić information content (AvgIpc) is 2.96. The highest BCUT2D eigenvalue weighted by molar-refractivity contribution is 7.22. The van der Waals surface area contributed by atoms with Crippen LogP contribution in [0.25, 0.3) is 10.2 Å². The van der Waals surface area contributed by atoms with Gasteiger partial charge in [0, 0.05) is 25.8 Å². The van der Waals surface area contributed by atoms with Crippen LogP contribution in [0.3, 0.4) is 0 Å². The second-order valence-electron chi connectivity index (χ2n) is 5.73. The summed E-state index contributed by atoms with van der Waals surface area (Å²) in [6.07, 6.45) is 2.40. The molecule has 2 aromatic carbocycles. The third-order valence-corrected chi connectivity index (χ3v) is 5.27. The highest BCUT2D eigenvalue weighted by Gasteiger charge is 2.19. The molecule has 0 saturated carbocycles. The van der Waals surface area contributed by atoms with E-state index in [9.17, 15) is 0 Å². The largest absolute Gasteiger partial charge is 0.367 e. The first-order valence-corrected chi connectivity index (χ1v) is 8.55. The third-order valence-electron chi connectivity index (χ3n) is 4.23. The zero-order valence-corrected chi connectivity index (χ0v) is 13.5. The summed E-state index contributed by atoms with van der Waals surface area (Å²) < 4.78 is 1.28. The number of aryl methyl sites for hydroxylation is 1. The smallest absolute Gasteiger partial charge is 0.183 e. The van der Waals surface area contributed by atoms with E-state index in [1.54, 1.807) is 11.3 Å². The molecule has 0 spiro atoms. The van der Waals surface area contributed by atoms with Crippen LogP contribution in [0.2, 0.25) is 0 Å². The van der Waals surface area contributed by atoms with E-state index in [1.165, 1.54) is 34.4 Å². The van der Waals surface area contributed by atoms with Crippen LogP contribution in [0.1, 0.15) is 17.5 Å². The Labute approximate surface area is 134 Å². The lowest BCUT2D eigenvalue weighted by Gasteiger charge is -2.31. The van der Waals surface area contributed by atoms with Crippen molar-refractivity contribution in [3.8, 4) is 0 Å². The van der Waals surface area contributed by atoms with Gasteiger partial charge in [0.25, 0.3) is 0 Å². The van der Waals surface area contributed by atoms with E-state index in [1.807, 2.05) is 7.05 Å². The average molecular weight is 309 g/mol. The molecule has 1 aromatic heterocycles. The Bertz CT molecular complexity index is 795. The van der Waals surface area contributed by atoms with E-state index >= 15 is 0 Å². The minimum absolute atomic E-state index is 0.975. The highest BCUT2D eigenvalue weighted by Crippen LogP contribution is 2.35. The van der Waals surface area contributed by atoms with Gasteiger partial charge in [0.2, 0.25) is 0 Å². The number of rotatable bonds is 3. The number of fused-ring (bicyclic) bond motifs is 2. The van der Waals surface area contributed by atoms with Crippen LogP contribution in [-0.4, -0.2) is 18.6 Å². The Morgan fingerprint density at radius 2 is 2.09 bits per heavy atom. The van der Waals surface area contributed by atoms with Crippen LogP contribution in [0.4, 0.5) is 10.8 Å². The predicted octanol–water partition coefficient (Wildman–Crippen LogP) is 4.29. The summed E-state index contributed by atoms with van der Waals surface area (Å²) in [4.78, 5) is 7.15. The monoisotopic (exact) mass is 309 g/mol. The number of nitrogens with one attached hydrogen (secondary N) is 1. The Hall–Kier alpha value is -2.07. The van der Waals surface area contributed by atoms with Gasteiger partial charge < -0.3 is 10.2 Å². The van der Waals surface area contributed by atoms with E-state index in [0.29, 0.717) is 0 Å². The summed E-state index contributed by atoms with van der Waals surface area (Å²) in [6.45, 7) is 2.10. The van der Waals surface area contributed by atoms with E-state index in [2.05, 4.69) is 57.7 Å². The van der Waals surface area contributed by atoms with Crippen LogP contribution in [0.5, 0.6) is 0 Å². The first-order valence-electron chi connectivity index (χ1n) is 7.73. The normalized spacial score (nSPS) is 14.1. The summed E-state index contributed by atoms with van der Waals surface area (Å²) in [6, 6.07) is 15.3. The van der Waals surface area contributed by atoms with Crippen LogP contribution >= 0.6 is 11.3 Å². The minimum Gasteiger partial charge on any atom is -0.367 e. The molecule has 0 bridgehead atoms. The maximum Gasteiger partial charge on any atom is 0.183 e. The van der Waals surface area contributed by atoms with Gasteiger partial charge in [-0.05, 0) is 36.1 Å². The van der Waals surface area contributed by atoms with Crippen molar-refractivity contribution in [1.29, 1.82) is 0 Å². The van der Waals surface area contributed by atoms with Gasteiger partial charge in [-0.3, -0.25) is 0 Å². The number of nitrogens with zero attached hydrogens (tertiary/aromatic N) is 2. The molecule has 22 heavy (non-hydrogen) atoms. The standard InChI is InChI=1S/C18H19N3S/c1-19-18-20-15-11-16-14(10-17(15)22-18)8-5-9-21(16)12-13-6-3-2-4-7-13/h2-4,6-7,10-11H,5,8-9,12H2,1H3,(H,19,20). The molecular weight excluding hydrogens is 290 g/mol. The van der Waals surface area contributed by atoms with Gasteiger partial charge in [-0.15, -0.1) is 0 Å². The van der Waals surface area contributed by atoms with Crippen molar-refractivity contribution in [3.63, 3.8) is 0 Å². The number of hydrogen-bond donors (Lipinski definition) is 1. The van der Waals surface area contributed by atoms with Crippen molar-refractivity contribution in [2.75, 3.05) is 23.8 Å². The number of hydrogen-bond acceptors (Lipinski definition) is 4. The molecule has 0 saturated heterocycles. The number of benzene rings is 2. The molecule has 3 nitrogen and oxygen atoms in total. The van der Waals surface area contributed by atoms with E-state index < -0.39 is 0 Å². The van der Waals surface area contributed by atoms with Gasteiger partial charge in [0.15, 0.2) is 5.13 Å². The van der Waals surface area contributed by atoms with Crippen molar-refractivity contribution < 1.29 is 0 Å². The summed E-state index contributed by atoms with van der Waals surface area (Å²) in [5, 5.41) is 4.14. The molecule has 1 aliphatic rings. The quantitative estimate of drug-likeness (QED) is 0.782. The first kappa shape index (κ1) is 13.6. The zero-order valence-electron chi connectivity index (χ0n) is 12.7. The molecule has 0 unspecified atom stereocenters. The van der Waals surface area contributed by atoms with Crippen molar-refractivity contribution in [2.45, 2.75) is 19.4 Å². The van der Waals surface area contributed by atoms with Gasteiger partial charge in [0.1, 0.15) is 0 Å². The van der Waals surface area contributed by atoms with Crippen LogP contribution < -0.4 is 10.2 Å². The van der Waals surface area contributed by atoms with Gasteiger partial charge in [-0.25, -0.2) is 4.98 Å². The summed E-state index contributed by atoms with van der Waals surface area (Å²) >= 11 is 1.73. The summed E-state index contributed by atoms with van der Waals surface area (Å²) in [5.41, 5.74) is 5.29. The second kappa shape index (κ2) is 5.61. The zero-order chi connectivity index (χ0) is 14.9. The molecule has 0 aliphatic carbocycles. The van der Waals surface area contributed by atoms with Crippen LogP contribution in [0, 0.1) is 0 Å². The maximum atomic E-state index is 4.66. The molecule has 1 N–H and O–H groups in total. The fourth-order valence-corrected chi connectivity index (χ4v) is 4.02. The first-order chi connectivity index (χ1) is 10.8. The van der Waals surface area contributed by atoms with Crippen LogP contribution in [0.15, 0.2) is 42.5 Å². The van der Waals surface area contributed by atoms with Crippen molar-refractivity contribution in [1.82, 2.24) is 4.98 Å². The fraction of sp³-hybridized carbons (Fsp3) is 0.278. The summed E-state index contributed by atoms with van der Waals surface area (Å²) in [5.74, 6) is 0. The number of anilines is 2. The molecule has 112 valence electrons. The van der Waals surface area contributed by atoms with E-state index in [4.69, 9.17) is 0 Å². The molecule has 0 atom stereocenters. The SMILES string of the molecule is CNc1nc2cc3c(cc2s1)CCCN3Cc1ccccc1. The molecule has 3 aromatic rings. The second-order valence-corrected chi connectivity index (χ2v) is 6.76. The number of aromatic nitrogens is 1. The van der Waals surface area contributed by atoms with Crippen molar-refractivity contribution in [3.05, 3.63) is 53.6 Å². The lowest BCUT2D eigenvalue weighted by molar-refractivity contribution is 0.692. The molecular formula is C18H19N3S. The molecule has 1 aliphatic heterocycles. The van der Waals surface area contributed by atoms with Gasteiger partial charge in [0.05, 0.1) is 10.2 Å². The molecule has 0 amide bonds. The Kier molecular flexibility index (Phi) is 3.47. The lowest BCUT2D eigenvalue weighted by Crippen LogP contribution is -2.28. The van der Waals surface area contributed by atoms with Gasteiger partial charge in [-0.2, -0.15) is 0 Å². The topological polar surface area (TPSA) is 28.2 Å².